The van der Waals surface area contributed by atoms with Gasteiger partial charge in [0.15, 0.2) is 5.12 Å². The summed E-state index contributed by atoms with van der Waals surface area (Å²) in [7, 11) is -3.25. The first kappa shape index (κ1) is 19.7. The fourth-order valence-electron chi connectivity index (χ4n) is 2.18. The molecule has 1 rings (SSSR count). The molecule has 130 valence electrons. The molecule has 1 aliphatic rings. The Balaban J connectivity index is 2.69. The Bertz CT molecular complexity index is 574. The van der Waals surface area contributed by atoms with Gasteiger partial charge in [0.2, 0.25) is 10.0 Å². The molecule has 9 heteroatoms. The van der Waals surface area contributed by atoms with Crippen molar-refractivity contribution in [2.45, 2.75) is 24.6 Å². The quantitative estimate of drug-likeness (QED) is 0.683. The monoisotopic (exact) mass is 362 g/mol. The molecule has 0 spiro atoms. The lowest BCUT2D eigenvalue weighted by Crippen LogP contribution is -2.35. The van der Waals surface area contributed by atoms with Crippen LogP contribution in [-0.2, 0) is 19.6 Å². The first-order valence-electron chi connectivity index (χ1n) is 7.05. The molecule has 0 bridgehead atoms. The van der Waals surface area contributed by atoms with Crippen molar-refractivity contribution in [2.24, 2.45) is 0 Å². The molecule has 23 heavy (non-hydrogen) atoms. The molecule has 0 aromatic carbocycles. The number of rotatable bonds is 7. The zero-order valence-electron chi connectivity index (χ0n) is 13.2. The van der Waals surface area contributed by atoms with Crippen molar-refractivity contribution in [3.63, 3.8) is 0 Å². The second kappa shape index (κ2) is 9.09. The number of amides is 1. The number of ether oxygens (including phenoxy) is 1. The van der Waals surface area contributed by atoms with Crippen molar-refractivity contribution in [1.82, 2.24) is 9.62 Å². The Morgan fingerprint density at radius 1 is 1.48 bits per heavy atom. The molecule has 0 saturated carbocycles. The van der Waals surface area contributed by atoms with E-state index in [0.717, 1.165) is 6.26 Å². The average molecular weight is 362 g/mol. The Labute approximate surface area is 141 Å². The van der Waals surface area contributed by atoms with E-state index in [1.54, 1.807) is 17.1 Å². The molecule has 0 radical (unpaired) electrons. The minimum atomic E-state index is -3.25. The molecule has 1 N–H and O–H groups in total. The smallest absolute Gasteiger partial charge is 0.410 e. The first-order valence-corrected chi connectivity index (χ1v) is 9.83. The highest BCUT2D eigenvalue weighted by atomic mass is 32.2. The maximum absolute atomic E-state index is 12.1. The Hall–Kier alpha value is -1.32. The molecule has 1 saturated heterocycles. The zero-order chi connectivity index (χ0) is 17.5. The molecular formula is C14H22N2O5S2. The molecular weight excluding hydrogens is 340 g/mol. The topological polar surface area (TPSA) is 92.8 Å². The summed E-state index contributed by atoms with van der Waals surface area (Å²) in [6.07, 6.45) is 6.12. The van der Waals surface area contributed by atoms with Crippen molar-refractivity contribution < 1.29 is 22.7 Å². The van der Waals surface area contributed by atoms with Crippen molar-refractivity contribution in [3.05, 3.63) is 24.8 Å². The number of sulfonamides is 1. The summed E-state index contributed by atoms with van der Waals surface area (Å²) in [6.45, 7) is 5.66. The molecule has 7 nitrogen and oxygen atoms in total. The molecule has 2 atom stereocenters. The van der Waals surface area contributed by atoms with Gasteiger partial charge in [0, 0.05) is 25.3 Å². The van der Waals surface area contributed by atoms with Crippen LogP contribution in [0.2, 0.25) is 0 Å². The normalized spacial score (nSPS) is 21.6. The minimum Gasteiger partial charge on any atom is -0.445 e. The van der Waals surface area contributed by atoms with E-state index >= 15 is 0 Å². The average Bonchev–Trinajstić information content (AvgIpc) is 2.82. The predicted molar refractivity (Wildman–Crippen MR) is 90.7 cm³/mol. The van der Waals surface area contributed by atoms with Gasteiger partial charge in [0.25, 0.3) is 0 Å². The van der Waals surface area contributed by atoms with Gasteiger partial charge in [-0.2, -0.15) is 0 Å². The van der Waals surface area contributed by atoms with Crippen molar-refractivity contribution >= 4 is 33.0 Å². The second-order valence-corrected chi connectivity index (χ2v) is 8.41. The van der Waals surface area contributed by atoms with Gasteiger partial charge in [-0.15, -0.1) is 0 Å². The fourth-order valence-corrected chi connectivity index (χ4v) is 3.57. The van der Waals surface area contributed by atoms with Crippen LogP contribution in [0.25, 0.3) is 0 Å². The van der Waals surface area contributed by atoms with Crippen LogP contribution in [0.1, 0.15) is 13.3 Å². The Morgan fingerprint density at radius 2 is 2.17 bits per heavy atom. The molecule has 0 unspecified atom stereocenters. The predicted octanol–water partition coefficient (Wildman–Crippen LogP) is 1.14. The zero-order valence-corrected chi connectivity index (χ0v) is 14.9. The second-order valence-electron chi connectivity index (χ2n) is 5.10. The van der Waals surface area contributed by atoms with Gasteiger partial charge < -0.3 is 9.64 Å². The third kappa shape index (κ3) is 7.67. The van der Waals surface area contributed by atoms with Gasteiger partial charge in [-0.05, 0) is 6.42 Å². The summed E-state index contributed by atoms with van der Waals surface area (Å²) >= 11 is 1.20. The standard InChI is InChI=1S/C14H22N2O5S2/c1-4-8-21-14(18)16-10-13(22-11(2)17)9-12(16)6-5-7-15-23(3,19)20/h4-6,12-13,15H,1,7-10H2,2-3H3/b6-5-/t12-,13+/m1/s1. The van der Waals surface area contributed by atoms with Crippen LogP contribution in [0, 0.1) is 0 Å². The lowest BCUT2D eigenvalue weighted by atomic mass is 10.2. The molecule has 0 aromatic heterocycles. The molecule has 0 aliphatic carbocycles. The number of carbonyl (C=O) groups is 2. The third-order valence-electron chi connectivity index (χ3n) is 3.02. The molecule has 1 heterocycles. The molecule has 1 aliphatic heterocycles. The van der Waals surface area contributed by atoms with Gasteiger partial charge in [0.05, 0.1) is 12.3 Å². The minimum absolute atomic E-state index is 0.00120. The Morgan fingerprint density at radius 3 is 2.74 bits per heavy atom. The highest BCUT2D eigenvalue weighted by Crippen LogP contribution is 2.29. The number of nitrogens with zero attached hydrogens (tertiary/aromatic N) is 1. The number of hydrogen-bond acceptors (Lipinski definition) is 6. The maximum atomic E-state index is 12.1. The van der Waals surface area contributed by atoms with Crippen molar-refractivity contribution in [3.8, 4) is 0 Å². The van der Waals surface area contributed by atoms with E-state index in [1.165, 1.54) is 24.8 Å². The van der Waals surface area contributed by atoms with Crippen LogP contribution in [0.5, 0.6) is 0 Å². The summed E-state index contributed by atoms with van der Waals surface area (Å²) in [4.78, 5) is 24.8. The van der Waals surface area contributed by atoms with Crippen molar-refractivity contribution in [2.75, 3.05) is 26.0 Å². The highest BCUT2D eigenvalue weighted by Gasteiger charge is 2.35. The summed E-state index contributed by atoms with van der Waals surface area (Å²) in [6, 6.07) is -0.231. The molecule has 0 aromatic rings. The van der Waals surface area contributed by atoms with E-state index in [1.807, 2.05) is 0 Å². The number of nitrogens with one attached hydrogen (secondary N) is 1. The first-order chi connectivity index (χ1) is 10.7. The highest BCUT2D eigenvalue weighted by molar-refractivity contribution is 8.14. The van der Waals surface area contributed by atoms with Crippen LogP contribution in [0.3, 0.4) is 0 Å². The van der Waals surface area contributed by atoms with Crippen LogP contribution in [0.15, 0.2) is 24.8 Å². The third-order valence-corrected chi connectivity index (χ3v) is 4.72. The number of carbonyl (C=O) groups excluding carboxylic acids is 2. The summed E-state index contributed by atoms with van der Waals surface area (Å²) in [5.41, 5.74) is 0. The van der Waals surface area contributed by atoms with Gasteiger partial charge in [-0.3, -0.25) is 4.79 Å². The fraction of sp³-hybridized carbons (Fsp3) is 0.571. The lowest BCUT2D eigenvalue weighted by Gasteiger charge is -2.21. The molecule has 1 fully saturated rings. The van der Waals surface area contributed by atoms with Gasteiger partial charge >= 0.3 is 6.09 Å². The number of likely N-dealkylation sites (tertiary alicyclic amines) is 1. The van der Waals surface area contributed by atoms with Gasteiger partial charge in [-0.1, -0.05) is 36.6 Å². The summed E-state index contributed by atoms with van der Waals surface area (Å²) < 4.78 is 29.4. The van der Waals surface area contributed by atoms with Gasteiger partial charge in [-0.25, -0.2) is 17.9 Å². The van der Waals surface area contributed by atoms with Crippen LogP contribution >= 0.6 is 11.8 Å². The van der Waals surface area contributed by atoms with Crippen LogP contribution in [-0.4, -0.2) is 61.8 Å². The van der Waals surface area contributed by atoms with E-state index in [2.05, 4.69) is 11.3 Å². The van der Waals surface area contributed by atoms with Gasteiger partial charge in [0.1, 0.15) is 6.61 Å². The van der Waals surface area contributed by atoms with E-state index in [4.69, 9.17) is 4.74 Å². The number of hydrogen-bond donors (Lipinski definition) is 1. The van der Waals surface area contributed by atoms with Crippen molar-refractivity contribution in [1.29, 1.82) is 0 Å². The summed E-state index contributed by atoms with van der Waals surface area (Å²) in [5.74, 6) is 0. The largest absolute Gasteiger partial charge is 0.445 e. The van der Waals surface area contributed by atoms with Crippen LogP contribution in [0.4, 0.5) is 4.79 Å². The lowest BCUT2D eigenvalue weighted by molar-refractivity contribution is -0.109. The SMILES string of the molecule is C=CCOC(=O)N1C[C@@H](SC(C)=O)C[C@H]1/C=C\CNS(C)(=O)=O. The van der Waals surface area contributed by atoms with E-state index in [-0.39, 0.29) is 29.6 Å². The molecule has 1 amide bonds. The van der Waals surface area contributed by atoms with E-state index in [9.17, 15) is 18.0 Å². The van der Waals surface area contributed by atoms with E-state index < -0.39 is 16.1 Å². The van der Waals surface area contributed by atoms with Crippen LogP contribution < -0.4 is 4.72 Å². The summed E-state index contributed by atoms with van der Waals surface area (Å²) in [5, 5.41) is -0.000852. The maximum Gasteiger partial charge on any atom is 0.410 e. The number of thioether (sulfide) groups is 1. The van der Waals surface area contributed by atoms with E-state index in [0.29, 0.717) is 13.0 Å². The Kier molecular flexibility index (Phi) is 7.80.